The molecule has 0 aromatic carbocycles. The number of aromatic amines is 2. The second kappa shape index (κ2) is 19.5. The van der Waals surface area contributed by atoms with Crippen LogP contribution in [0, 0.1) is 0 Å². The maximum atomic E-state index is 12.9. The number of fused-ring (bicyclic) bond motifs is 2. The number of nitrogens with zero attached hydrogens (tertiary/aromatic N) is 7. The Kier molecular flexibility index (Phi) is 13.7. The standard InChI is InChI=1S/C23H27N5O3.C23H26N4O4/c1-3-16-13-18-6-5-17(23(31)28(18)25-22(16)30)15-26-9-11-27(12-10-26)19-7-8-20(24-14-19)21(29)4-2;1-3-15-11-20-21(25-23(15)30)22(29)16(14-31-20)13-26-7-9-27(10-8-26)17-5-6-18(24-12-17)19(28)4-2/h5-8,13-14H,3-4,9-12,15H2,1-2H3,(H,25,30);5-6,11-12,14H,3-4,7-10,13H2,1-2H3,(H,25,30). The van der Waals surface area contributed by atoms with Gasteiger partial charge in [-0.15, -0.1) is 0 Å². The molecule has 0 saturated carbocycles. The molecule has 6 aromatic rings. The number of nitrogens with one attached hydrogen (secondary N) is 2. The van der Waals surface area contributed by atoms with E-state index in [4.69, 9.17) is 4.42 Å². The highest BCUT2D eigenvalue weighted by Crippen LogP contribution is 2.19. The highest BCUT2D eigenvalue weighted by Gasteiger charge is 2.22. The molecule has 2 aliphatic rings. The topological polar surface area (TPSA) is 190 Å². The van der Waals surface area contributed by atoms with E-state index in [2.05, 4.69) is 39.7 Å². The predicted molar refractivity (Wildman–Crippen MR) is 239 cm³/mol. The molecule has 0 amide bonds. The van der Waals surface area contributed by atoms with E-state index < -0.39 is 0 Å². The van der Waals surface area contributed by atoms with Crippen molar-refractivity contribution in [3.8, 4) is 0 Å². The fourth-order valence-corrected chi connectivity index (χ4v) is 7.80. The number of piperazine rings is 2. The summed E-state index contributed by atoms with van der Waals surface area (Å²) in [6.07, 6.45) is 7.11. The highest BCUT2D eigenvalue weighted by molar-refractivity contribution is 5.94. The molecule has 62 heavy (non-hydrogen) atoms. The van der Waals surface area contributed by atoms with Crippen molar-refractivity contribution in [1.82, 2.24) is 34.4 Å². The fourth-order valence-electron chi connectivity index (χ4n) is 7.80. The first-order chi connectivity index (χ1) is 30.0. The van der Waals surface area contributed by atoms with Crippen molar-refractivity contribution in [2.24, 2.45) is 0 Å². The number of carbonyl (C=O) groups is 2. The van der Waals surface area contributed by atoms with E-state index in [-0.39, 0.29) is 39.2 Å². The lowest BCUT2D eigenvalue weighted by Gasteiger charge is -2.35. The van der Waals surface area contributed by atoms with Crippen molar-refractivity contribution in [1.29, 1.82) is 0 Å². The molecule has 16 heteroatoms. The Bertz CT molecular complexity index is 2600. The molecular formula is C46H53N9O7. The number of aromatic nitrogens is 5. The van der Waals surface area contributed by atoms with E-state index in [0.29, 0.717) is 83.5 Å². The number of rotatable bonds is 12. The number of aryl methyl sites for hydroxylation is 2. The Morgan fingerprint density at radius 2 is 1.16 bits per heavy atom. The van der Waals surface area contributed by atoms with Gasteiger partial charge in [-0.1, -0.05) is 33.8 Å². The third-order valence-electron chi connectivity index (χ3n) is 11.7. The van der Waals surface area contributed by atoms with Crippen molar-refractivity contribution in [3.63, 3.8) is 0 Å². The lowest BCUT2D eigenvalue weighted by atomic mass is 10.1. The number of ketones is 2. The summed E-state index contributed by atoms with van der Waals surface area (Å²) < 4.78 is 6.99. The fraction of sp³-hybridized carbons (Fsp3) is 0.391. The first-order valence-corrected chi connectivity index (χ1v) is 21.4. The number of hydrogen-bond donors (Lipinski definition) is 2. The third-order valence-corrected chi connectivity index (χ3v) is 11.7. The minimum Gasteiger partial charge on any atom is -0.462 e. The molecule has 2 N–H and O–H groups in total. The normalized spacial score (nSPS) is 14.8. The van der Waals surface area contributed by atoms with Gasteiger partial charge in [0.05, 0.1) is 41.1 Å². The molecule has 0 unspecified atom stereocenters. The van der Waals surface area contributed by atoms with E-state index in [9.17, 15) is 28.8 Å². The Labute approximate surface area is 357 Å². The smallest absolute Gasteiger partial charge is 0.274 e. The van der Waals surface area contributed by atoms with Gasteiger partial charge in [-0.25, -0.2) is 4.52 Å². The van der Waals surface area contributed by atoms with E-state index in [1.54, 1.807) is 36.7 Å². The molecule has 2 saturated heterocycles. The number of Topliss-reactive ketones (excluding diaryl/α,β-unsaturated/α-hetero) is 2. The highest BCUT2D eigenvalue weighted by atomic mass is 16.3. The number of hydrogen-bond acceptors (Lipinski definition) is 13. The summed E-state index contributed by atoms with van der Waals surface area (Å²) in [5, 5.41) is 2.69. The molecule has 0 atom stereocenters. The van der Waals surface area contributed by atoms with Gasteiger partial charge in [0.1, 0.15) is 16.9 Å². The first-order valence-electron chi connectivity index (χ1n) is 21.4. The summed E-state index contributed by atoms with van der Waals surface area (Å²) >= 11 is 0. The third kappa shape index (κ3) is 9.66. The van der Waals surface area contributed by atoms with Crippen molar-refractivity contribution >= 4 is 39.6 Å². The van der Waals surface area contributed by atoms with Crippen LogP contribution in [0.2, 0.25) is 0 Å². The van der Waals surface area contributed by atoms with Gasteiger partial charge in [0.25, 0.3) is 16.7 Å². The SMILES string of the molecule is CCC(=O)c1ccc(N2CCN(Cc3ccc4cc(CC)c(=O)[nH]n4c3=O)CC2)cn1.CCC(=O)c1ccc(N2CCN(Cc3coc4cc(CC)c(=O)[nH]c4c3=O)CC2)cn1. The van der Waals surface area contributed by atoms with E-state index in [1.807, 2.05) is 52.0 Å². The minimum atomic E-state index is -0.242. The zero-order valence-corrected chi connectivity index (χ0v) is 35.7. The van der Waals surface area contributed by atoms with Gasteiger partial charge in [0, 0.05) is 95.0 Å². The first kappa shape index (κ1) is 43.6. The van der Waals surface area contributed by atoms with Gasteiger partial charge in [-0.05, 0) is 55.3 Å². The summed E-state index contributed by atoms with van der Waals surface area (Å²) in [5.41, 5.74) is 5.96. The van der Waals surface area contributed by atoms with Crippen molar-refractivity contribution < 1.29 is 14.0 Å². The van der Waals surface area contributed by atoms with Gasteiger partial charge in [-0.3, -0.25) is 53.6 Å². The van der Waals surface area contributed by atoms with Gasteiger partial charge in [-0.2, -0.15) is 0 Å². The Morgan fingerprint density at radius 1 is 0.629 bits per heavy atom. The summed E-state index contributed by atoms with van der Waals surface area (Å²) in [6, 6.07) is 14.6. The largest absolute Gasteiger partial charge is 0.462 e. The Morgan fingerprint density at radius 3 is 1.66 bits per heavy atom. The maximum absolute atomic E-state index is 12.9. The molecule has 0 spiro atoms. The van der Waals surface area contributed by atoms with E-state index >= 15 is 0 Å². The van der Waals surface area contributed by atoms with Crippen LogP contribution in [-0.4, -0.2) is 98.3 Å². The summed E-state index contributed by atoms with van der Waals surface area (Å²) in [6.45, 7) is 14.8. The van der Waals surface area contributed by atoms with E-state index in [0.717, 1.165) is 63.7 Å². The zero-order valence-electron chi connectivity index (χ0n) is 35.7. The molecule has 0 aliphatic carbocycles. The second-order valence-electron chi connectivity index (χ2n) is 15.6. The number of carbonyl (C=O) groups excluding carboxylic acids is 2. The molecule has 324 valence electrons. The van der Waals surface area contributed by atoms with Crippen LogP contribution in [0.15, 0.2) is 90.8 Å². The van der Waals surface area contributed by atoms with Gasteiger partial charge in [0.2, 0.25) is 5.43 Å². The summed E-state index contributed by atoms with van der Waals surface area (Å²) in [7, 11) is 0. The van der Waals surface area contributed by atoms with Crippen LogP contribution in [0.5, 0.6) is 0 Å². The van der Waals surface area contributed by atoms with Crippen molar-refractivity contribution in [2.45, 2.75) is 66.5 Å². The molecule has 8 rings (SSSR count). The van der Waals surface area contributed by atoms with Crippen LogP contribution >= 0.6 is 0 Å². The lowest BCUT2D eigenvalue weighted by molar-refractivity contribution is 0.0975. The quantitative estimate of drug-likeness (QED) is 0.167. The van der Waals surface area contributed by atoms with Crippen molar-refractivity contribution in [2.75, 3.05) is 62.2 Å². The average Bonchev–Trinajstić information content (AvgIpc) is 3.31. The minimum absolute atomic E-state index is 0.0397. The lowest BCUT2D eigenvalue weighted by Crippen LogP contribution is -2.46. The van der Waals surface area contributed by atoms with Crippen LogP contribution in [0.3, 0.4) is 0 Å². The summed E-state index contributed by atoms with van der Waals surface area (Å²) in [5.74, 6) is 0.0863. The average molecular weight is 844 g/mol. The van der Waals surface area contributed by atoms with Crippen LogP contribution in [0.25, 0.3) is 16.6 Å². The molecular weight excluding hydrogens is 791 g/mol. The van der Waals surface area contributed by atoms with Crippen molar-refractivity contribution in [3.05, 3.63) is 142 Å². The number of anilines is 2. The van der Waals surface area contributed by atoms with Gasteiger partial charge >= 0.3 is 0 Å². The van der Waals surface area contributed by atoms with Crippen LogP contribution in [0.1, 0.15) is 83.8 Å². The van der Waals surface area contributed by atoms with Crippen LogP contribution in [0.4, 0.5) is 11.4 Å². The molecule has 2 fully saturated rings. The molecule has 6 aromatic heterocycles. The molecule has 2 aliphatic heterocycles. The molecule has 16 nitrogen and oxygen atoms in total. The molecule has 8 heterocycles. The second-order valence-corrected chi connectivity index (χ2v) is 15.6. The number of pyridine rings is 4. The van der Waals surface area contributed by atoms with Gasteiger partial charge < -0.3 is 19.2 Å². The maximum Gasteiger partial charge on any atom is 0.274 e. The van der Waals surface area contributed by atoms with Gasteiger partial charge in [0.15, 0.2) is 17.1 Å². The Balaban J connectivity index is 0.000000186. The Hall–Kier alpha value is -6.52. The van der Waals surface area contributed by atoms with Crippen LogP contribution in [-0.2, 0) is 25.9 Å². The number of H-pyrrole nitrogens is 2. The zero-order chi connectivity index (χ0) is 43.9. The monoisotopic (exact) mass is 843 g/mol. The summed E-state index contributed by atoms with van der Waals surface area (Å²) in [4.78, 5) is 93.5. The molecule has 0 radical (unpaired) electrons. The van der Waals surface area contributed by atoms with Crippen LogP contribution < -0.4 is 31.9 Å². The predicted octanol–water partition coefficient (Wildman–Crippen LogP) is 4.21. The molecule has 0 bridgehead atoms. The van der Waals surface area contributed by atoms with E-state index in [1.165, 1.54) is 10.8 Å².